The smallest absolute Gasteiger partial charge is 0.127 e. The monoisotopic (exact) mass is 266 g/mol. The maximum absolute atomic E-state index is 8.89. The van der Waals surface area contributed by atoms with E-state index in [0.717, 1.165) is 16.9 Å². The molecule has 0 heterocycles. The van der Waals surface area contributed by atoms with Crippen LogP contribution in [0.1, 0.15) is 6.42 Å². The molecule has 0 spiro atoms. The lowest BCUT2D eigenvalue weighted by atomic mass is 10.1. The van der Waals surface area contributed by atoms with Crippen LogP contribution in [0.15, 0.2) is 54.6 Å². The van der Waals surface area contributed by atoms with Gasteiger partial charge in [0, 0.05) is 12.0 Å². The summed E-state index contributed by atoms with van der Waals surface area (Å²) in [6.07, 6.45) is 0.663. The molecule has 0 aromatic heterocycles. The highest BCUT2D eigenvalue weighted by atomic mass is 16.5. The Hall–Kier alpha value is -2.31. The minimum Gasteiger partial charge on any atom is -0.493 e. The van der Waals surface area contributed by atoms with Crippen LogP contribution in [0.5, 0.6) is 5.75 Å². The first kappa shape index (κ1) is 14.1. The summed E-state index contributed by atoms with van der Waals surface area (Å²) in [6.45, 7) is 0.517. The van der Waals surface area contributed by atoms with Gasteiger partial charge in [-0.05, 0) is 18.7 Å². The van der Waals surface area contributed by atoms with Gasteiger partial charge in [0.25, 0.3) is 0 Å². The average molecular weight is 266 g/mol. The van der Waals surface area contributed by atoms with Gasteiger partial charge in [-0.3, -0.25) is 0 Å². The molecule has 0 bridgehead atoms. The fourth-order valence-electron chi connectivity index (χ4n) is 2.01. The van der Waals surface area contributed by atoms with Gasteiger partial charge in [0.15, 0.2) is 0 Å². The quantitative estimate of drug-likeness (QED) is 0.873. The summed E-state index contributed by atoms with van der Waals surface area (Å²) in [6, 6.07) is 20.1. The zero-order valence-corrected chi connectivity index (χ0v) is 11.5. The zero-order chi connectivity index (χ0) is 14.2. The summed E-state index contributed by atoms with van der Waals surface area (Å²) >= 11 is 0. The normalized spacial score (nSPS) is 11.6. The highest BCUT2D eigenvalue weighted by Gasteiger charge is 2.07. The molecule has 0 aliphatic rings. The van der Waals surface area contributed by atoms with Gasteiger partial charge in [-0.25, -0.2) is 0 Å². The topological polar surface area (TPSA) is 45.0 Å². The molecule has 3 nitrogen and oxygen atoms in total. The molecule has 0 radical (unpaired) electrons. The van der Waals surface area contributed by atoms with E-state index in [2.05, 4.69) is 23.5 Å². The van der Waals surface area contributed by atoms with Crippen LogP contribution in [0, 0.1) is 11.3 Å². The van der Waals surface area contributed by atoms with Gasteiger partial charge in [-0.1, -0.05) is 48.5 Å². The third-order valence-corrected chi connectivity index (χ3v) is 3.14. The van der Waals surface area contributed by atoms with Crippen molar-refractivity contribution in [1.82, 2.24) is 5.32 Å². The summed E-state index contributed by atoms with van der Waals surface area (Å²) in [4.78, 5) is 0. The van der Waals surface area contributed by atoms with E-state index in [1.54, 1.807) is 7.05 Å². The molecule has 1 N–H and O–H groups in total. The Labute approximate surface area is 119 Å². The van der Waals surface area contributed by atoms with E-state index in [0.29, 0.717) is 13.0 Å². The van der Waals surface area contributed by atoms with Crippen molar-refractivity contribution in [2.75, 3.05) is 13.7 Å². The van der Waals surface area contributed by atoms with Crippen molar-refractivity contribution >= 4 is 0 Å². The number of hydrogen-bond acceptors (Lipinski definition) is 3. The Bertz CT molecular complexity index is 575. The van der Waals surface area contributed by atoms with Gasteiger partial charge in [-0.2, -0.15) is 5.26 Å². The number of nitrogens with one attached hydrogen (secondary N) is 1. The van der Waals surface area contributed by atoms with Gasteiger partial charge < -0.3 is 10.1 Å². The summed E-state index contributed by atoms with van der Waals surface area (Å²) in [5, 5.41) is 11.8. The Morgan fingerprint density at radius 1 is 1.10 bits per heavy atom. The lowest BCUT2D eigenvalue weighted by Crippen LogP contribution is -2.25. The largest absolute Gasteiger partial charge is 0.493 e. The first-order valence-electron chi connectivity index (χ1n) is 6.69. The highest BCUT2D eigenvalue weighted by Crippen LogP contribution is 2.29. The molecular formula is C17H18N2O. The molecule has 102 valence electrons. The maximum atomic E-state index is 8.89. The number of benzene rings is 2. The van der Waals surface area contributed by atoms with E-state index >= 15 is 0 Å². The molecule has 0 aliphatic carbocycles. The summed E-state index contributed by atoms with van der Waals surface area (Å²) < 4.78 is 5.83. The van der Waals surface area contributed by atoms with Gasteiger partial charge in [0.1, 0.15) is 5.75 Å². The van der Waals surface area contributed by atoms with E-state index in [4.69, 9.17) is 10.00 Å². The standard InChI is InChI=1S/C17H18N2O/c1-19-15(13-18)11-12-20-17-10-6-5-9-16(17)14-7-3-2-4-8-14/h2-10,15,19H,11-12H2,1H3. The molecule has 3 heteroatoms. The average Bonchev–Trinajstić information content (AvgIpc) is 2.53. The Balaban J connectivity index is 2.08. The third kappa shape index (κ3) is 3.59. The van der Waals surface area contributed by atoms with Crippen LogP contribution in [0.4, 0.5) is 0 Å². The number of ether oxygens (including phenoxy) is 1. The molecule has 20 heavy (non-hydrogen) atoms. The number of para-hydroxylation sites is 1. The minimum atomic E-state index is -0.168. The minimum absolute atomic E-state index is 0.168. The molecule has 1 unspecified atom stereocenters. The lowest BCUT2D eigenvalue weighted by molar-refractivity contribution is 0.301. The van der Waals surface area contributed by atoms with E-state index in [1.165, 1.54) is 0 Å². The van der Waals surface area contributed by atoms with E-state index in [-0.39, 0.29) is 6.04 Å². The van der Waals surface area contributed by atoms with Crippen molar-refractivity contribution in [3.05, 3.63) is 54.6 Å². The molecule has 2 aromatic carbocycles. The second-order valence-electron chi connectivity index (χ2n) is 4.47. The van der Waals surface area contributed by atoms with Crippen LogP contribution in [0.3, 0.4) is 0 Å². The van der Waals surface area contributed by atoms with Crippen LogP contribution >= 0.6 is 0 Å². The fourth-order valence-corrected chi connectivity index (χ4v) is 2.01. The van der Waals surface area contributed by atoms with Crippen molar-refractivity contribution in [2.45, 2.75) is 12.5 Å². The summed E-state index contributed by atoms with van der Waals surface area (Å²) in [5.41, 5.74) is 2.21. The fraction of sp³-hybridized carbons (Fsp3) is 0.235. The van der Waals surface area contributed by atoms with Crippen molar-refractivity contribution in [2.24, 2.45) is 0 Å². The second-order valence-corrected chi connectivity index (χ2v) is 4.47. The Kier molecular flexibility index (Phi) is 5.16. The molecule has 2 rings (SSSR count). The first-order valence-corrected chi connectivity index (χ1v) is 6.69. The molecule has 0 saturated heterocycles. The number of rotatable bonds is 6. The first-order chi connectivity index (χ1) is 9.85. The van der Waals surface area contributed by atoms with E-state index in [9.17, 15) is 0 Å². The zero-order valence-electron chi connectivity index (χ0n) is 11.5. The van der Waals surface area contributed by atoms with Crippen molar-refractivity contribution < 1.29 is 4.74 Å². The van der Waals surface area contributed by atoms with Gasteiger partial charge in [0.05, 0.1) is 18.7 Å². The SMILES string of the molecule is CNC(C#N)CCOc1ccccc1-c1ccccc1. The van der Waals surface area contributed by atoms with Crippen LogP contribution in [0.25, 0.3) is 11.1 Å². The predicted molar refractivity (Wildman–Crippen MR) is 80.5 cm³/mol. The van der Waals surface area contributed by atoms with Gasteiger partial charge in [-0.15, -0.1) is 0 Å². The van der Waals surface area contributed by atoms with E-state index < -0.39 is 0 Å². The Morgan fingerprint density at radius 3 is 2.50 bits per heavy atom. The van der Waals surface area contributed by atoms with Crippen molar-refractivity contribution in [3.63, 3.8) is 0 Å². The second kappa shape index (κ2) is 7.32. The van der Waals surface area contributed by atoms with Crippen LogP contribution < -0.4 is 10.1 Å². The number of hydrogen-bond donors (Lipinski definition) is 1. The third-order valence-electron chi connectivity index (χ3n) is 3.14. The van der Waals surface area contributed by atoms with E-state index in [1.807, 2.05) is 42.5 Å². The summed E-state index contributed by atoms with van der Waals surface area (Å²) in [5.74, 6) is 0.853. The van der Waals surface area contributed by atoms with Crippen LogP contribution in [-0.4, -0.2) is 19.7 Å². The molecular weight excluding hydrogens is 248 g/mol. The highest BCUT2D eigenvalue weighted by molar-refractivity contribution is 5.70. The van der Waals surface area contributed by atoms with Gasteiger partial charge >= 0.3 is 0 Å². The molecule has 0 saturated carbocycles. The number of nitriles is 1. The molecule has 0 aliphatic heterocycles. The maximum Gasteiger partial charge on any atom is 0.127 e. The van der Waals surface area contributed by atoms with Crippen LogP contribution in [-0.2, 0) is 0 Å². The number of nitrogens with zero attached hydrogens (tertiary/aromatic N) is 1. The Morgan fingerprint density at radius 2 is 1.80 bits per heavy atom. The molecule has 0 fully saturated rings. The summed E-state index contributed by atoms with van der Waals surface area (Å²) in [7, 11) is 1.78. The molecule has 1 atom stereocenters. The molecule has 0 amide bonds. The van der Waals surface area contributed by atoms with Crippen LogP contribution in [0.2, 0.25) is 0 Å². The molecule has 2 aromatic rings. The lowest BCUT2D eigenvalue weighted by Gasteiger charge is -2.13. The van der Waals surface area contributed by atoms with Gasteiger partial charge in [0.2, 0.25) is 0 Å². The predicted octanol–water partition coefficient (Wildman–Crippen LogP) is 3.23. The van der Waals surface area contributed by atoms with Crippen molar-refractivity contribution in [1.29, 1.82) is 5.26 Å². The van der Waals surface area contributed by atoms with Crippen molar-refractivity contribution in [3.8, 4) is 22.9 Å².